The van der Waals surface area contributed by atoms with Gasteiger partial charge in [0.05, 0.1) is 0 Å². The maximum Gasteiger partial charge on any atom is 0.490 e. The molecule has 1 fully saturated rings. The summed E-state index contributed by atoms with van der Waals surface area (Å²) < 4.78 is 31.7. The maximum atomic E-state index is 11.4. The van der Waals surface area contributed by atoms with Crippen molar-refractivity contribution in [1.29, 1.82) is 0 Å². The van der Waals surface area contributed by atoms with E-state index in [2.05, 4.69) is 45.0 Å². The van der Waals surface area contributed by atoms with Gasteiger partial charge in [-0.05, 0) is 78.2 Å². The molecule has 1 atom stereocenters. The molecule has 0 aliphatic heterocycles. The first-order valence-corrected chi connectivity index (χ1v) is 11.1. The molecule has 0 bridgehead atoms. The van der Waals surface area contributed by atoms with Crippen molar-refractivity contribution in [2.75, 3.05) is 0 Å². The van der Waals surface area contributed by atoms with E-state index in [1.807, 2.05) is 18.2 Å². The number of carbonyl (C=O) groups excluding carboxylic acids is 1. The Morgan fingerprint density at radius 2 is 1.61 bits per heavy atom. The molecule has 33 heavy (non-hydrogen) atoms. The number of alkyl halides is 3. The van der Waals surface area contributed by atoms with Crippen LogP contribution in [-0.4, -0.2) is 23.2 Å². The van der Waals surface area contributed by atoms with E-state index in [-0.39, 0.29) is 5.91 Å². The molecule has 0 heterocycles. The molecule has 0 unspecified atom stereocenters. The number of rotatable bonds is 5. The molecule has 0 aromatic heterocycles. The van der Waals surface area contributed by atoms with Crippen LogP contribution in [0.5, 0.6) is 0 Å². The van der Waals surface area contributed by atoms with Crippen LogP contribution in [-0.2, 0) is 4.79 Å². The highest BCUT2D eigenvalue weighted by atomic mass is 19.4. The molecule has 2 aromatic rings. The largest absolute Gasteiger partial charge is 0.490 e. The molecule has 1 amide bonds. The Kier molecular flexibility index (Phi) is 8.69. The summed E-state index contributed by atoms with van der Waals surface area (Å²) >= 11 is 0. The van der Waals surface area contributed by atoms with Crippen LogP contribution in [0.4, 0.5) is 13.2 Å². The SMILES string of the molecule is C[C@H](CC1CCC(C)(C)CC1)c1ccc(-c2cccc(C(N)=O)c2)cc1.O=C(O)C(F)(F)F. The van der Waals surface area contributed by atoms with Crippen molar-refractivity contribution in [3.05, 3.63) is 59.7 Å². The quantitative estimate of drug-likeness (QED) is 0.512. The highest BCUT2D eigenvalue weighted by Crippen LogP contribution is 2.41. The molecule has 0 saturated heterocycles. The van der Waals surface area contributed by atoms with Crippen LogP contribution >= 0.6 is 0 Å². The Labute approximate surface area is 193 Å². The Balaban J connectivity index is 0.000000479. The maximum absolute atomic E-state index is 11.4. The van der Waals surface area contributed by atoms with Crippen LogP contribution in [0.15, 0.2) is 48.5 Å². The second-order valence-corrected chi connectivity index (χ2v) is 9.61. The van der Waals surface area contributed by atoms with Gasteiger partial charge in [-0.1, -0.05) is 57.2 Å². The van der Waals surface area contributed by atoms with Gasteiger partial charge in [0.2, 0.25) is 5.91 Å². The monoisotopic (exact) mass is 463 g/mol. The highest BCUT2D eigenvalue weighted by molar-refractivity contribution is 5.94. The Morgan fingerprint density at radius 3 is 2.09 bits per heavy atom. The fourth-order valence-electron chi connectivity index (χ4n) is 4.19. The number of primary amides is 1. The van der Waals surface area contributed by atoms with Crippen molar-refractivity contribution in [2.24, 2.45) is 17.1 Å². The minimum atomic E-state index is -5.08. The number of amides is 1. The summed E-state index contributed by atoms with van der Waals surface area (Å²) in [4.78, 5) is 20.3. The molecule has 0 radical (unpaired) electrons. The first kappa shape index (κ1) is 26.4. The van der Waals surface area contributed by atoms with E-state index in [1.165, 1.54) is 37.7 Å². The molecule has 3 N–H and O–H groups in total. The Bertz CT molecular complexity index is 942. The van der Waals surface area contributed by atoms with Crippen LogP contribution in [0.2, 0.25) is 0 Å². The lowest BCUT2D eigenvalue weighted by molar-refractivity contribution is -0.192. The van der Waals surface area contributed by atoms with E-state index in [0.29, 0.717) is 16.9 Å². The van der Waals surface area contributed by atoms with E-state index in [9.17, 15) is 18.0 Å². The predicted octanol–water partition coefficient (Wildman–Crippen LogP) is 6.80. The van der Waals surface area contributed by atoms with Gasteiger partial charge in [0, 0.05) is 5.56 Å². The average Bonchev–Trinajstić information content (AvgIpc) is 2.75. The first-order valence-electron chi connectivity index (χ1n) is 11.1. The molecular formula is C26H32F3NO3. The Morgan fingerprint density at radius 1 is 1.06 bits per heavy atom. The molecule has 7 heteroatoms. The third-order valence-corrected chi connectivity index (χ3v) is 6.35. The zero-order valence-corrected chi connectivity index (χ0v) is 19.3. The zero-order chi connectivity index (χ0) is 24.8. The van der Waals surface area contributed by atoms with Crippen molar-refractivity contribution < 1.29 is 27.9 Å². The van der Waals surface area contributed by atoms with Gasteiger partial charge in [-0.25, -0.2) is 4.79 Å². The lowest BCUT2D eigenvalue weighted by Gasteiger charge is -2.35. The molecule has 2 aromatic carbocycles. The van der Waals surface area contributed by atoms with E-state index in [4.69, 9.17) is 15.6 Å². The van der Waals surface area contributed by atoms with Gasteiger partial charge in [0.15, 0.2) is 0 Å². The minimum absolute atomic E-state index is 0.382. The smallest absolute Gasteiger partial charge is 0.475 e. The minimum Gasteiger partial charge on any atom is -0.475 e. The highest BCUT2D eigenvalue weighted by Gasteiger charge is 2.38. The van der Waals surface area contributed by atoms with Gasteiger partial charge in [-0.2, -0.15) is 13.2 Å². The lowest BCUT2D eigenvalue weighted by Crippen LogP contribution is -2.22. The van der Waals surface area contributed by atoms with Crippen molar-refractivity contribution in [3.8, 4) is 11.1 Å². The second kappa shape index (κ2) is 10.9. The van der Waals surface area contributed by atoms with Gasteiger partial charge < -0.3 is 10.8 Å². The van der Waals surface area contributed by atoms with E-state index in [1.54, 1.807) is 6.07 Å². The summed E-state index contributed by atoms with van der Waals surface area (Å²) in [5.74, 6) is -1.68. The summed E-state index contributed by atoms with van der Waals surface area (Å²) in [6, 6.07) is 16.3. The number of carboxylic acid groups (broad SMARTS) is 1. The van der Waals surface area contributed by atoms with Crippen molar-refractivity contribution in [1.82, 2.24) is 0 Å². The number of carboxylic acids is 1. The zero-order valence-electron chi connectivity index (χ0n) is 19.3. The van der Waals surface area contributed by atoms with Crippen LogP contribution in [0.1, 0.15) is 74.7 Å². The lowest BCUT2D eigenvalue weighted by atomic mass is 9.71. The predicted molar refractivity (Wildman–Crippen MR) is 123 cm³/mol. The third-order valence-electron chi connectivity index (χ3n) is 6.35. The summed E-state index contributed by atoms with van der Waals surface area (Å²) in [7, 11) is 0. The van der Waals surface area contributed by atoms with Crippen LogP contribution in [0, 0.1) is 11.3 Å². The molecule has 1 aliphatic rings. The summed E-state index contributed by atoms with van der Waals surface area (Å²) in [6.07, 6.45) is 1.66. The van der Waals surface area contributed by atoms with E-state index in [0.717, 1.165) is 17.0 Å². The average molecular weight is 464 g/mol. The van der Waals surface area contributed by atoms with Gasteiger partial charge in [-0.3, -0.25) is 4.79 Å². The van der Waals surface area contributed by atoms with Crippen LogP contribution < -0.4 is 5.73 Å². The van der Waals surface area contributed by atoms with E-state index < -0.39 is 12.1 Å². The molecule has 1 saturated carbocycles. The molecule has 180 valence electrons. The number of hydrogen-bond acceptors (Lipinski definition) is 2. The fraction of sp³-hybridized carbons (Fsp3) is 0.462. The molecule has 1 aliphatic carbocycles. The number of carbonyl (C=O) groups is 2. The molecule has 0 spiro atoms. The molecule has 4 nitrogen and oxygen atoms in total. The van der Waals surface area contributed by atoms with Crippen LogP contribution in [0.25, 0.3) is 11.1 Å². The number of halogens is 3. The summed E-state index contributed by atoms with van der Waals surface area (Å²) in [5.41, 5.74) is 10.1. The van der Waals surface area contributed by atoms with Crippen molar-refractivity contribution >= 4 is 11.9 Å². The van der Waals surface area contributed by atoms with Gasteiger partial charge >= 0.3 is 12.1 Å². The molecular weight excluding hydrogens is 431 g/mol. The number of aliphatic carboxylic acids is 1. The van der Waals surface area contributed by atoms with Crippen molar-refractivity contribution in [3.63, 3.8) is 0 Å². The van der Waals surface area contributed by atoms with Crippen LogP contribution in [0.3, 0.4) is 0 Å². The number of benzene rings is 2. The number of nitrogens with two attached hydrogens (primary N) is 1. The Hall–Kier alpha value is -2.83. The number of hydrogen-bond donors (Lipinski definition) is 2. The topological polar surface area (TPSA) is 80.4 Å². The van der Waals surface area contributed by atoms with Gasteiger partial charge in [0.25, 0.3) is 0 Å². The normalized spacial score (nSPS) is 16.9. The fourth-order valence-corrected chi connectivity index (χ4v) is 4.19. The second-order valence-electron chi connectivity index (χ2n) is 9.61. The third kappa shape index (κ3) is 8.22. The first-order chi connectivity index (χ1) is 15.3. The molecule has 3 rings (SSSR count). The van der Waals surface area contributed by atoms with Gasteiger partial charge in [-0.15, -0.1) is 0 Å². The van der Waals surface area contributed by atoms with E-state index >= 15 is 0 Å². The standard InChI is InChI=1S/C24H31NO.C2HF3O2/c1-17(15-18-11-13-24(2,3)14-12-18)19-7-9-20(10-8-19)21-5-4-6-22(16-21)23(25)26;3-2(4,5)1(6)7/h4-10,16-18H,11-15H2,1-3H3,(H2,25,26);(H,6,7)/t17-;/m1./s1. The van der Waals surface area contributed by atoms with Crippen molar-refractivity contribution in [2.45, 2.75) is 65.0 Å². The van der Waals surface area contributed by atoms with Gasteiger partial charge in [0.1, 0.15) is 0 Å². The summed E-state index contributed by atoms with van der Waals surface area (Å²) in [5, 5.41) is 7.12. The summed E-state index contributed by atoms with van der Waals surface area (Å²) in [6.45, 7) is 7.15.